The number of benzene rings is 8. The van der Waals surface area contributed by atoms with Crippen LogP contribution in [0.5, 0.6) is 0 Å². The first kappa shape index (κ1) is 31.9. The van der Waals surface area contributed by atoms with E-state index in [1.165, 1.54) is 32.9 Å². The van der Waals surface area contributed by atoms with Crippen molar-refractivity contribution in [3.63, 3.8) is 0 Å². The van der Waals surface area contributed by atoms with Crippen LogP contribution >= 0.6 is 0 Å². The first-order valence-electron chi connectivity index (χ1n) is 18.9. The van der Waals surface area contributed by atoms with E-state index in [4.69, 9.17) is 15.0 Å². The van der Waals surface area contributed by atoms with Gasteiger partial charge in [0.25, 0.3) is 0 Å². The molecule has 0 atom stereocenters. The third kappa shape index (κ3) is 5.29. The van der Waals surface area contributed by atoms with E-state index in [-0.39, 0.29) is 0 Å². The van der Waals surface area contributed by atoms with E-state index < -0.39 is 0 Å². The molecule has 5 nitrogen and oxygen atoms in total. The Bertz CT molecular complexity index is 3180. The lowest BCUT2D eigenvalue weighted by Crippen LogP contribution is -2.06. The molecule has 0 bridgehead atoms. The summed E-state index contributed by atoms with van der Waals surface area (Å²) in [6.07, 6.45) is 0. The minimum absolute atomic E-state index is 0.581. The predicted octanol–water partition coefficient (Wildman–Crippen LogP) is 12.7. The summed E-state index contributed by atoms with van der Waals surface area (Å²) in [6, 6.07) is 70.5. The van der Waals surface area contributed by atoms with Crippen LogP contribution in [-0.2, 0) is 0 Å². The fourth-order valence-corrected chi connectivity index (χ4v) is 8.15. The fraction of sp³-hybridized carbons (Fsp3) is 0. The Morgan fingerprint density at radius 2 is 0.750 bits per heavy atom. The van der Waals surface area contributed by atoms with Gasteiger partial charge in [0.05, 0.1) is 22.1 Å². The molecule has 0 N–H and O–H groups in total. The monoisotopic (exact) mass is 715 g/mol. The highest BCUT2D eigenvalue weighted by Crippen LogP contribution is 2.38. The van der Waals surface area contributed by atoms with Gasteiger partial charge in [-0.25, -0.2) is 4.98 Å². The molecule has 0 saturated carbocycles. The quantitative estimate of drug-likeness (QED) is 0.172. The number of rotatable bonds is 6. The van der Waals surface area contributed by atoms with Crippen molar-refractivity contribution >= 4 is 43.6 Å². The van der Waals surface area contributed by atoms with Gasteiger partial charge < -0.3 is 4.57 Å². The highest BCUT2D eigenvalue weighted by atomic mass is 15.2. The Morgan fingerprint density at radius 1 is 0.268 bits per heavy atom. The molecule has 3 aromatic heterocycles. The summed E-state index contributed by atoms with van der Waals surface area (Å²) in [5.74, 6) is 1.85. The van der Waals surface area contributed by atoms with Gasteiger partial charge in [-0.2, -0.15) is 9.97 Å². The summed E-state index contributed by atoms with van der Waals surface area (Å²) in [4.78, 5) is 15.3. The highest BCUT2D eigenvalue weighted by Gasteiger charge is 2.19. The smallest absolute Gasteiger partial charge is 0.238 e. The zero-order valence-electron chi connectivity index (χ0n) is 30.3. The van der Waals surface area contributed by atoms with Crippen LogP contribution in [-0.4, -0.2) is 24.1 Å². The van der Waals surface area contributed by atoms with Crippen LogP contribution in [0, 0.1) is 0 Å². The van der Waals surface area contributed by atoms with E-state index in [0.717, 1.165) is 49.7 Å². The van der Waals surface area contributed by atoms with Crippen LogP contribution in [0.4, 0.5) is 0 Å². The Morgan fingerprint density at radius 3 is 1.43 bits per heavy atom. The summed E-state index contributed by atoms with van der Waals surface area (Å²) in [7, 11) is 0. The number of aromatic nitrogens is 5. The maximum atomic E-state index is 5.14. The molecule has 11 rings (SSSR count). The van der Waals surface area contributed by atoms with E-state index >= 15 is 0 Å². The molecule has 0 radical (unpaired) electrons. The van der Waals surface area contributed by atoms with Gasteiger partial charge in [-0.15, -0.1) is 0 Å². The Hall–Kier alpha value is -7.63. The van der Waals surface area contributed by atoms with Gasteiger partial charge in [0.15, 0.2) is 11.6 Å². The second kappa shape index (κ2) is 13.0. The van der Waals surface area contributed by atoms with Gasteiger partial charge in [0.1, 0.15) is 0 Å². The maximum absolute atomic E-state index is 5.14. The van der Waals surface area contributed by atoms with Crippen molar-refractivity contribution in [2.75, 3.05) is 0 Å². The number of hydrogen-bond donors (Lipinski definition) is 0. The maximum Gasteiger partial charge on any atom is 0.238 e. The highest BCUT2D eigenvalue weighted by molar-refractivity contribution is 6.12. The third-order valence-electron chi connectivity index (χ3n) is 10.8. The second-order valence-corrected chi connectivity index (χ2v) is 14.1. The minimum Gasteiger partial charge on any atom is -0.309 e. The van der Waals surface area contributed by atoms with Gasteiger partial charge in [-0.1, -0.05) is 158 Å². The molecule has 0 aliphatic heterocycles. The van der Waals surface area contributed by atoms with Crippen LogP contribution in [0.25, 0.3) is 100 Å². The molecule has 0 amide bonds. The van der Waals surface area contributed by atoms with E-state index in [1.807, 2.05) is 60.7 Å². The van der Waals surface area contributed by atoms with Crippen LogP contribution in [0.2, 0.25) is 0 Å². The molecule has 0 aliphatic carbocycles. The van der Waals surface area contributed by atoms with Crippen molar-refractivity contribution in [1.82, 2.24) is 24.1 Å². The van der Waals surface area contributed by atoms with Crippen molar-refractivity contribution in [1.29, 1.82) is 0 Å². The van der Waals surface area contributed by atoms with E-state index in [0.29, 0.717) is 17.6 Å². The second-order valence-electron chi connectivity index (χ2n) is 14.1. The SMILES string of the molecule is c1ccc(-c2cccc(-n3c4ccccc4c4cc(-c5ccc6c7ccccc7n(-c7nc(-c8ccccc8)nc(-c8ccccc8)n7)c6c5)ccc43)c2)cc1. The summed E-state index contributed by atoms with van der Waals surface area (Å²) < 4.78 is 4.58. The van der Waals surface area contributed by atoms with Crippen molar-refractivity contribution in [2.24, 2.45) is 0 Å². The molecule has 8 aromatic carbocycles. The van der Waals surface area contributed by atoms with E-state index in [1.54, 1.807) is 0 Å². The third-order valence-corrected chi connectivity index (χ3v) is 10.8. The molecular formula is C51H33N5. The van der Waals surface area contributed by atoms with Crippen LogP contribution < -0.4 is 0 Å². The largest absolute Gasteiger partial charge is 0.309 e. The Kier molecular flexibility index (Phi) is 7.42. The summed E-state index contributed by atoms with van der Waals surface area (Å²) in [5, 5.41) is 4.72. The zero-order chi connectivity index (χ0) is 37.0. The Labute approximate surface area is 323 Å². The van der Waals surface area contributed by atoms with Crippen LogP contribution in [0.1, 0.15) is 0 Å². The lowest BCUT2D eigenvalue weighted by atomic mass is 10.0. The van der Waals surface area contributed by atoms with Crippen LogP contribution in [0.3, 0.4) is 0 Å². The molecule has 56 heavy (non-hydrogen) atoms. The normalized spacial score (nSPS) is 11.6. The summed E-state index contributed by atoms with van der Waals surface area (Å²) >= 11 is 0. The topological polar surface area (TPSA) is 48.5 Å². The van der Waals surface area contributed by atoms with Crippen molar-refractivity contribution in [3.8, 4) is 56.7 Å². The lowest BCUT2D eigenvalue weighted by molar-refractivity contribution is 0.953. The van der Waals surface area contributed by atoms with Gasteiger partial charge >= 0.3 is 0 Å². The van der Waals surface area contributed by atoms with Gasteiger partial charge in [0.2, 0.25) is 5.95 Å². The average Bonchev–Trinajstić information content (AvgIpc) is 3.79. The molecule has 0 saturated heterocycles. The van der Waals surface area contributed by atoms with Gasteiger partial charge in [-0.05, 0) is 64.7 Å². The average molecular weight is 716 g/mol. The van der Waals surface area contributed by atoms with Crippen molar-refractivity contribution < 1.29 is 0 Å². The first-order valence-corrected chi connectivity index (χ1v) is 18.9. The molecule has 0 fully saturated rings. The molecule has 11 aromatic rings. The number of para-hydroxylation sites is 2. The van der Waals surface area contributed by atoms with E-state index in [9.17, 15) is 0 Å². The molecule has 5 heteroatoms. The molecule has 0 unspecified atom stereocenters. The van der Waals surface area contributed by atoms with Gasteiger partial charge in [-0.3, -0.25) is 4.57 Å². The summed E-state index contributed by atoms with van der Waals surface area (Å²) in [6.45, 7) is 0. The van der Waals surface area contributed by atoms with Gasteiger partial charge in [0, 0.05) is 38.4 Å². The van der Waals surface area contributed by atoms with Crippen molar-refractivity contribution in [3.05, 3.63) is 200 Å². The number of hydrogen-bond acceptors (Lipinski definition) is 3. The molecule has 0 aliphatic rings. The molecule has 0 spiro atoms. The molecular weight excluding hydrogens is 683 g/mol. The Balaban J connectivity index is 1.10. The number of fused-ring (bicyclic) bond motifs is 6. The first-order chi connectivity index (χ1) is 27.8. The number of nitrogens with zero attached hydrogens (tertiary/aromatic N) is 5. The predicted molar refractivity (Wildman–Crippen MR) is 230 cm³/mol. The summed E-state index contributed by atoms with van der Waals surface area (Å²) in [5.41, 5.74) is 12.1. The fourth-order valence-electron chi connectivity index (χ4n) is 8.15. The minimum atomic E-state index is 0.581. The zero-order valence-corrected chi connectivity index (χ0v) is 30.3. The van der Waals surface area contributed by atoms with Crippen LogP contribution in [0.15, 0.2) is 200 Å². The lowest BCUT2D eigenvalue weighted by Gasteiger charge is -2.12. The molecule has 262 valence electrons. The van der Waals surface area contributed by atoms with E-state index in [2.05, 4.69) is 149 Å². The van der Waals surface area contributed by atoms with Crippen molar-refractivity contribution in [2.45, 2.75) is 0 Å². The molecule has 3 heterocycles. The standard InChI is InChI=1S/C51H33N5/c1-4-15-34(16-5-1)37-21-14-22-40(31-37)55-45-25-12-11-24-42(45)44-32-38(28-30-47(44)55)39-27-29-43-41-23-10-13-26-46(41)56(48(43)33-39)51-53-49(35-17-6-2-7-18-35)52-50(54-51)36-19-8-3-9-20-36/h1-33H.